The Morgan fingerprint density at radius 2 is 1.78 bits per heavy atom. The lowest BCUT2D eigenvalue weighted by Crippen LogP contribution is -2.47. The molecule has 4 rings (SSSR count). The van der Waals surface area contributed by atoms with Gasteiger partial charge in [-0.15, -0.1) is 0 Å². The minimum atomic E-state index is 0.149. The first kappa shape index (κ1) is 18.1. The van der Waals surface area contributed by atoms with Crippen LogP contribution in [0.2, 0.25) is 0 Å². The molecule has 2 atom stereocenters. The Hall–Kier alpha value is -2.31. The lowest BCUT2D eigenvalue weighted by molar-refractivity contribution is -0.0652. The van der Waals surface area contributed by atoms with Crippen LogP contribution in [0.4, 0.5) is 0 Å². The average Bonchev–Trinajstić information content (AvgIpc) is 3.17. The fourth-order valence-corrected chi connectivity index (χ4v) is 4.17. The van der Waals surface area contributed by atoms with E-state index in [1.54, 1.807) is 0 Å². The van der Waals surface area contributed by atoms with Gasteiger partial charge in [-0.2, -0.15) is 0 Å². The molecule has 1 saturated heterocycles. The summed E-state index contributed by atoms with van der Waals surface area (Å²) in [6.07, 6.45) is 0.310. The number of hydrogen-bond acceptors (Lipinski definition) is 5. The largest absolute Gasteiger partial charge is 0.454 e. The van der Waals surface area contributed by atoms with Crippen LogP contribution in [0.15, 0.2) is 24.3 Å². The number of nitrogens with zero attached hydrogens (tertiary/aromatic N) is 2. The molecule has 6 nitrogen and oxygen atoms in total. The summed E-state index contributed by atoms with van der Waals surface area (Å²) >= 11 is 0. The highest BCUT2D eigenvalue weighted by molar-refractivity contribution is 5.99. The standard InChI is InChI=1S/C21H26N2O4/c1-13-7-18(19(24)11-22-9-14(2)27-15(3)10-22)16(4)23(13)17-5-6-20-21(8-17)26-12-25-20/h5-8,14-15H,9-12H2,1-4H3/t14-,15-/m0/s1. The number of ether oxygens (including phenoxy) is 3. The molecule has 0 radical (unpaired) electrons. The third kappa shape index (κ3) is 3.47. The molecule has 2 aromatic rings. The van der Waals surface area contributed by atoms with Gasteiger partial charge in [-0.3, -0.25) is 9.69 Å². The maximum Gasteiger partial charge on any atom is 0.231 e. The normalized spacial score (nSPS) is 22.2. The predicted octanol–water partition coefficient (Wildman–Crippen LogP) is 3.11. The zero-order valence-corrected chi connectivity index (χ0v) is 16.3. The smallest absolute Gasteiger partial charge is 0.231 e. The van der Waals surface area contributed by atoms with Gasteiger partial charge in [-0.05, 0) is 45.9 Å². The number of hydrogen-bond donors (Lipinski definition) is 0. The summed E-state index contributed by atoms with van der Waals surface area (Å²) < 4.78 is 18.8. The molecule has 0 saturated carbocycles. The second kappa shape index (κ2) is 7.02. The van der Waals surface area contributed by atoms with Gasteiger partial charge in [0.05, 0.1) is 18.8 Å². The molecule has 0 amide bonds. The van der Waals surface area contributed by atoms with Crippen LogP contribution in [-0.4, -0.2) is 53.9 Å². The number of benzene rings is 1. The van der Waals surface area contributed by atoms with E-state index < -0.39 is 0 Å². The van der Waals surface area contributed by atoms with Crippen LogP contribution in [0.3, 0.4) is 0 Å². The number of fused-ring (bicyclic) bond motifs is 1. The third-order valence-electron chi connectivity index (χ3n) is 5.21. The van der Waals surface area contributed by atoms with Gasteiger partial charge in [-0.25, -0.2) is 0 Å². The number of aryl methyl sites for hydroxylation is 1. The quantitative estimate of drug-likeness (QED) is 0.774. The van der Waals surface area contributed by atoms with Gasteiger partial charge in [0.15, 0.2) is 17.3 Å². The Balaban J connectivity index is 1.58. The highest BCUT2D eigenvalue weighted by Gasteiger charge is 2.26. The molecule has 6 heteroatoms. The van der Waals surface area contributed by atoms with Crippen LogP contribution < -0.4 is 9.47 Å². The molecule has 144 valence electrons. The predicted molar refractivity (Wildman–Crippen MR) is 102 cm³/mol. The fraction of sp³-hybridized carbons (Fsp3) is 0.476. The Labute approximate surface area is 159 Å². The van der Waals surface area contributed by atoms with E-state index in [0.717, 1.165) is 47.2 Å². The summed E-state index contributed by atoms with van der Waals surface area (Å²) in [7, 11) is 0. The van der Waals surface area contributed by atoms with Crippen LogP contribution in [0.5, 0.6) is 11.5 Å². The first-order valence-electron chi connectivity index (χ1n) is 9.42. The lowest BCUT2D eigenvalue weighted by Gasteiger charge is -2.34. The van der Waals surface area contributed by atoms with Crippen LogP contribution in [0, 0.1) is 13.8 Å². The van der Waals surface area contributed by atoms with Gasteiger partial charge in [0, 0.05) is 41.8 Å². The van der Waals surface area contributed by atoms with Gasteiger partial charge < -0.3 is 18.8 Å². The van der Waals surface area contributed by atoms with E-state index in [4.69, 9.17) is 14.2 Å². The van der Waals surface area contributed by atoms with Crippen molar-refractivity contribution >= 4 is 5.78 Å². The summed E-state index contributed by atoms with van der Waals surface area (Å²) in [5.41, 5.74) is 3.73. The monoisotopic (exact) mass is 370 g/mol. The van der Waals surface area contributed by atoms with Gasteiger partial charge in [0.2, 0.25) is 6.79 Å². The molecular weight excluding hydrogens is 344 g/mol. The average molecular weight is 370 g/mol. The zero-order valence-electron chi connectivity index (χ0n) is 16.3. The molecule has 0 aliphatic carbocycles. The third-order valence-corrected chi connectivity index (χ3v) is 5.21. The molecule has 0 N–H and O–H groups in total. The van der Waals surface area contributed by atoms with Crippen molar-refractivity contribution in [3.05, 3.63) is 41.2 Å². The molecule has 1 aromatic carbocycles. The van der Waals surface area contributed by atoms with Crippen molar-refractivity contribution in [3.63, 3.8) is 0 Å². The SMILES string of the molecule is Cc1cc(C(=O)CN2C[C@H](C)O[C@@H](C)C2)c(C)n1-c1ccc2c(c1)OCO2. The first-order chi connectivity index (χ1) is 12.9. The lowest BCUT2D eigenvalue weighted by atomic mass is 10.1. The highest BCUT2D eigenvalue weighted by Crippen LogP contribution is 2.35. The van der Waals surface area contributed by atoms with Crippen molar-refractivity contribution in [1.82, 2.24) is 9.47 Å². The number of rotatable bonds is 4. The number of carbonyl (C=O) groups excluding carboxylic acids is 1. The highest BCUT2D eigenvalue weighted by atomic mass is 16.7. The number of carbonyl (C=O) groups is 1. The molecule has 2 aliphatic rings. The van der Waals surface area contributed by atoms with Crippen molar-refractivity contribution in [2.24, 2.45) is 0 Å². The fourth-order valence-electron chi connectivity index (χ4n) is 4.17. The number of Topliss-reactive ketones (excluding diaryl/α,β-unsaturated/α-hetero) is 1. The Bertz CT molecular complexity index is 863. The van der Waals surface area contributed by atoms with Crippen molar-refractivity contribution in [2.75, 3.05) is 26.4 Å². The van der Waals surface area contributed by atoms with Crippen LogP contribution in [-0.2, 0) is 4.74 Å². The Morgan fingerprint density at radius 3 is 2.52 bits per heavy atom. The van der Waals surface area contributed by atoms with E-state index in [9.17, 15) is 4.79 Å². The molecule has 0 bridgehead atoms. The van der Waals surface area contributed by atoms with Crippen LogP contribution >= 0.6 is 0 Å². The van der Waals surface area contributed by atoms with Crippen molar-refractivity contribution in [1.29, 1.82) is 0 Å². The van der Waals surface area contributed by atoms with Crippen LogP contribution in [0.25, 0.3) is 5.69 Å². The van der Waals surface area contributed by atoms with Gasteiger partial charge in [0.25, 0.3) is 0 Å². The van der Waals surface area contributed by atoms with Gasteiger partial charge >= 0.3 is 0 Å². The first-order valence-corrected chi connectivity index (χ1v) is 9.42. The molecular formula is C21H26N2O4. The summed E-state index contributed by atoms with van der Waals surface area (Å²) in [6.45, 7) is 10.4. The molecule has 0 unspecified atom stereocenters. The van der Waals surface area contributed by atoms with Crippen molar-refractivity contribution < 1.29 is 19.0 Å². The maximum absolute atomic E-state index is 13.0. The summed E-state index contributed by atoms with van der Waals surface area (Å²) in [4.78, 5) is 15.2. The number of aromatic nitrogens is 1. The van der Waals surface area contributed by atoms with E-state index in [1.165, 1.54) is 0 Å². The molecule has 3 heterocycles. The Morgan fingerprint density at radius 1 is 1.07 bits per heavy atom. The summed E-state index contributed by atoms with van der Waals surface area (Å²) in [5.74, 6) is 1.65. The Kier molecular flexibility index (Phi) is 4.70. The van der Waals surface area contributed by atoms with Gasteiger partial charge in [-0.1, -0.05) is 0 Å². The zero-order chi connectivity index (χ0) is 19.1. The van der Waals surface area contributed by atoms with Gasteiger partial charge in [0.1, 0.15) is 0 Å². The van der Waals surface area contributed by atoms with E-state index >= 15 is 0 Å². The van der Waals surface area contributed by atoms with E-state index in [2.05, 4.69) is 23.3 Å². The number of ketones is 1. The van der Waals surface area contributed by atoms with E-state index in [-0.39, 0.29) is 24.8 Å². The summed E-state index contributed by atoms with van der Waals surface area (Å²) in [6, 6.07) is 7.85. The van der Waals surface area contributed by atoms with E-state index in [0.29, 0.717) is 6.54 Å². The minimum absolute atomic E-state index is 0.149. The topological polar surface area (TPSA) is 52.9 Å². The molecule has 2 aliphatic heterocycles. The van der Waals surface area contributed by atoms with E-state index in [1.807, 2.05) is 38.1 Å². The molecule has 1 fully saturated rings. The second-order valence-electron chi connectivity index (χ2n) is 7.53. The molecule has 0 spiro atoms. The second-order valence-corrected chi connectivity index (χ2v) is 7.53. The number of morpholine rings is 1. The van der Waals surface area contributed by atoms with Crippen molar-refractivity contribution in [3.8, 4) is 17.2 Å². The molecule has 27 heavy (non-hydrogen) atoms. The summed E-state index contributed by atoms with van der Waals surface area (Å²) in [5, 5.41) is 0. The van der Waals surface area contributed by atoms with Crippen LogP contribution in [0.1, 0.15) is 35.6 Å². The maximum atomic E-state index is 13.0. The van der Waals surface area contributed by atoms with Crippen molar-refractivity contribution in [2.45, 2.75) is 39.9 Å². The molecule has 1 aromatic heterocycles. The minimum Gasteiger partial charge on any atom is -0.454 e.